The fraction of sp³-hybridized carbons (Fsp3) is 0.476. The number of benzene rings is 1. The van der Waals surface area contributed by atoms with Gasteiger partial charge in [-0.25, -0.2) is 4.98 Å². The van der Waals surface area contributed by atoms with Gasteiger partial charge in [0.2, 0.25) is 5.65 Å². The molecule has 2 fully saturated rings. The van der Waals surface area contributed by atoms with E-state index in [-0.39, 0.29) is 0 Å². The molecule has 4 heterocycles. The lowest BCUT2D eigenvalue weighted by Crippen LogP contribution is -2.44. The second-order valence-corrected chi connectivity index (χ2v) is 9.15. The van der Waals surface area contributed by atoms with Crippen LogP contribution in [0.4, 0.5) is 11.5 Å². The van der Waals surface area contributed by atoms with Crippen LogP contribution in [0.1, 0.15) is 29.5 Å². The number of hydrogen-bond acceptors (Lipinski definition) is 7. The lowest BCUT2D eigenvalue weighted by molar-refractivity contribution is 0.313. The monoisotopic (exact) mass is 409 g/mol. The molecule has 2 aliphatic rings. The number of aromatic nitrogens is 4. The third-order valence-corrected chi connectivity index (χ3v) is 7.18. The van der Waals surface area contributed by atoms with Crippen molar-refractivity contribution in [1.29, 1.82) is 0 Å². The van der Waals surface area contributed by atoms with Gasteiger partial charge in [-0.15, -0.1) is 10.2 Å². The largest absolute Gasteiger partial charge is 0.369 e. The van der Waals surface area contributed by atoms with Gasteiger partial charge in [0.1, 0.15) is 0 Å². The van der Waals surface area contributed by atoms with Crippen molar-refractivity contribution >= 4 is 28.9 Å². The molecule has 1 aromatic carbocycles. The van der Waals surface area contributed by atoms with Gasteiger partial charge < -0.3 is 15.1 Å². The van der Waals surface area contributed by atoms with E-state index in [1.807, 2.05) is 24.2 Å². The summed E-state index contributed by atoms with van der Waals surface area (Å²) in [6, 6.07) is 8.79. The van der Waals surface area contributed by atoms with E-state index in [1.165, 1.54) is 29.8 Å². The maximum Gasteiger partial charge on any atom is 0.203 e. The molecule has 0 aliphatic carbocycles. The average Bonchev–Trinajstić information content (AvgIpc) is 3.43. The van der Waals surface area contributed by atoms with Crippen LogP contribution in [0.15, 0.2) is 36.7 Å². The first-order valence-corrected chi connectivity index (χ1v) is 11.4. The average molecular weight is 410 g/mol. The molecule has 1 atom stereocenters. The SMILES string of the molecule is CN1CCN(c2cccc(CNc3nccn4c([C@@H]5CCCS5)nnc34)c2)CC1. The molecule has 0 saturated carbocycles. The molecular weight excluding hydrogens is 382 g/mol. The minimum atomic E-state index is 0.445. The molecule has 152 valence electrons. The molecule has 0 radical (unpaired) electrons. The van der Waals surface area contributed by atoms with Crippen molar-refractivity contribution in [1.82, 2.24) is 24.5 Å². The molecule has 0 bridgehead atoms. The number of rotatable bonds is 5. The van der Waals surface area contributed by atoms with E-state index >= 15 is 0 Å². The highest BCUT2D eigenvalue weighted by atomic mass is 32.2. The molecule has 2 saturated heterocycles. The van der Waals surface area contributed by atoms with Crippen molar-refractivity contribution in [2.75, 3.05) is 49.2 Å². The van der Waals surface area contributed by atoms with Gasteiger partial charge >= 0.3 is 0 Å². The number of piperazine rings is 1. The summed E-state index contributed by atoms with van der Waals surface area (Å²) >= 11 is 1.97. The van der Waals surface area contributed by atoms with Crippen molar-refractivity contribution in [2.45, 2.75) is 24.6 Å². The van der Waals surface area contributed by atoms with Crippen LogP contribution in [-0.4, -0.2) is 63.5 Å². The number of nitrogens with zero attached hydrogens (tertiary/aromatic N) is 6. The summed E-state index contributed by atoms with van der Waals surface area (Å²) in [5.41, 5.74) is 3.35. The van der Waals surface area contributed by atoms with Crippen molar-refractivity contribution in [2.24, 2.45) is 0 Å². The van der Waals surface area contributed by atoms with Gasteiger partial charge in [-0.2, -0.15) is 11.8 Å². The molecule has 29 heavy (non-hydrogen) atoms. The Morgan fingerprint density at radius 1 is 1.17 bits per heavy atom. The van der Waals surface area contributed by atoms with E-state index in [0.717, 1.165) is 43.5 Å². The molecule has 2 aliphatic heterocycles. The van der Waals surface area contributed by atoms with Crippen LogP contribution in [0, 0.1) is 0 Å². The zero-order chi connectivity index (χ0) is 19.6. The van der Waals surface area contributed by atoms with Gasteiger partial charge in [0.25, 0.3) is 0 Å². The minimum Gasteiger partial charge on any atom is -0.369 e. The third kappa shape index (κ3) is 3.91. The maximum absolute atomic E-state index is 4.53. The Morgan fingerprint density at radius 3 is 2.90 bits per heavy atom. The Labute approximate surface area is 175 Å². The van der Waals surface area contributed by atoms with Gasteiger partial charge in [0, 0.05) is 50.8 Å². The van der Waals surface area contributed by atoms with Crippen LogP contribution in [0.5, 0.6) is 0 Å². The van der Waals surface area contributed by atoms with Crippen LogP contribution in [0.3, 0.4) is 0 Å². The van der Waals surface area contributed by atoms with Gasteiger partial charge in [0.05, 0.1) is 5.25 Å². The highest BCUT2D eigenvalue weighted by Crippen LogP contribution is 2.39. The number of anilines is 2. The summed E-state index contributed by atoms with van der Waals surface area (Å²) in [6.07, 6.45) is 6.24. The first kappa shape index (κ1) is 18.7. The molecule has 0 spiro atoms. The molecule has 2 aromatic heterocycles. The Balaban J connectivity index is 1.31. The van der Waals surface area contributed by atoms with Gasteiger partial charge in [0.15, 0.2) is 11.6 Å². The summed E-state index contributed by atoms with van der Waals surface area (Å²) < 4.78 is 2.10. The lowest BCUT2D eigenvalue weighted by Gasteiger charge is -2.34. The molecule has 7 nitrogen and oxygen atoms in total. The fourth-order valence-electron chi connectivity index (χ4n) is 4.08. The first-order chi connectivity index (χ1) is 14.3. The van der Waals surface area contributed by atoms with Gasteiger partial charge in [-0.05, 0) is 43.3 Å². The van der Waals surface area contributed by atoms with Crippen molar-refractivity contribution < 1.29 is 0 Å². The molecule has 3 aromatic rings. The number of fused-ring (bicyclic) bond motifs is 1. The topological polar surface area (TPSA) is 61.6 Å². The summed E-state index contributed by atoms with van der Waals surface area (Å²) in [7, 11) is 2.19. The molecule has 1 N–H and O–H groups in total. The Bertz CT molecular complexity index is 974. The number of hydrogen-bond donors (Lipinski definition) is 1. The predicted molar refractivity (Wildman–Crippen MR) is 119 cm³/mol. The number of likely N-dealkylation sites (N-methyl/N-ethyl adjacent to an activating group) is 1. The zero-order valence-electron chi connectivity index (χ0n) is 16.8. The van der Waals surface area contributed by atoms with Crippen LogP contribution < -0.4 is 10.2 Å². The van der Waals surface area contributed by atoms with E-state index in [9.17, 15) is 0 Å². The van der Waals surface area contributed by atoms with Gasteiger partial charge in [-0.3, -0.25) is 4.40 Å². The summed E-state index contributed by atoms with van der Waals surface area (Å²) in [4.78, 5) is 9.37. The molecule has 0 amide bonds. The van der Waals surface area contributed by atoms with E-state index < -0.39 is 0 Å². The molecular formula is C21H27N7S. The van der Waals surface area contributed by atoms with E-state index in [4.69, 9.17) is 0 Å². The quantitative estimate of drug-likeness (QED) is 0.695. The fourth-order valence-corrected chi connectivity index (χ4v) is 5.34. The maximum atomic E-state index is 4.53. The molecule has 8 heteroatoms. The zero-order valence-corrected chi connectivity index (χ0v) is 17.6. The summed E-state index contributed by atoms with van der Waals surface area (Å²) in [5, 5.41) is 12.8. The van der Waals surface area contributed by atoms with Crippen LogP contribution in [0.2, 0.25) is 0 Å². The van der Waals surface area contributed by atoms with Crippen LogP contribution >= 0.6 is 11.8 Å². The van der Waals surface area contributed by atoms with E-state index in [1.54, 1.807) is 0 Å². The summed E-state index contributed by atoms with van der Waals surface area (Å²) in [6.45, 7) is 5.10. The second kappa shape index (κ2) is 8.20. The molecule has 5 rings (SSSR count). The number of nitrogens with one attached hydrogen (secondary N) is 1. The lowest BCUT2D eigenvalue weighted by atomic mass is 10.1. The molecule has 0 unspecified atom stereocenters. The minimum absolute atomic E-state index is 0.445. The first-order valence-electron chi connectivity index (χ1n) is 10.4. The highest BCUT2D eigenvalue weighted by molar-refractivity contribution is 7.99. The Kier molecular flexibility index (Phi) is 5.28. The van der Waals surface area contributed by atoms with Crippen molar-refractivity contribution in [3.63, 3.8) is 0 Å². The predicted octanol–water partition coefficient (Wildman–Crippen LogP) is 3.06. The van der Waals surface area contributed by atoms with Crippen LogP contribution in [0.25, 0.3) is 5.65 Å². The Morgan fingerprint density at radius 2 is 2.07 bits per heavy atom. The van der Waals surface area contributed by atoms with Crippen molar-refractivity contribution in [3.8, 4) is 0 Å². The second-order valence-electron chi connectivity index (χ2n) is 7.84. The van der Waals surface area contributed by atoms with E-state index in [2.05, 4.69) is 66.0 Å². The van der Waals surface area contributed by atoms with E-state index in [0.29, 0.717) is 11.8 Å². The highest BCUT2D eigenvalue weighted by Gasteiger charge is 2.23. The number of thioether (sulfide) groups is 1. The van der Waals surface area contributed by atoms with Crippen LogP contribution in [-0.2, 0) is 6.54 Å². The Hall–Kier alpha value is -2.32. The van der Waals surface area contributed by atoms with Gasteiger partial charge in [-0.1, -0.05) is 12.1 Å². The normalized spacial score (nSPS) is 20.4. The third-order valence-electron chi connectivity index (χ3n) is 5.81. The smallest absolute Gasteiger partial charge is 0.203 e. The summed E-state index contributed by atoms with van der Waals surface area (Å²) in [5.74, 6) is 3.05. The van der Waals surface area contributed by atoms with Crippen molar-refractivity contribution in [3.05, 3.63) is 48.0 Å². The standard InChI is InChI=1S/C21H27N7S/c1-26-9-11-27(12-10-26)17-5-2-4-16(14-17)15-23-19-21-25-24-20(18-6-3-13-29-18)28(21)8-7-22-19/h2,4-5,7-8,14,18H,3,6,9-13,15H2,1H3,(H,22,23)/t18-/m0/s1.